The molecule has 156 valence electrons. The van der Waals surface area contributed by atoms with Gasteiger partial charge in [0, 0.05) is 46.5 Å². The lowest BCUT2D eigenvalue weighted by atomic mass is 9.92. The van der Waals surface area contributed by atoms with E-state index in [0.29, 0.717) is 6.54 Å². The van der Waals surface area contributed by atoms with Crippen molar-refractivity contribution in [2.45, 2.75) is 33.7 Å². The number of amides is 1. The third-order valence-corrected chi connectivity index (χ3v) is 5.28. The fourth-order valence-corrected chi connectivity index (χ4v) is 3.64. The molecule has 0 bridgehead atoms. The van der Waals surface area contributed by atoms with Crippen molar-refractivity contribution < 1.29 is 9.53 Å². The molecule has 0 radical (unpaired) electrons. The molecule has 0 unspecified atom stereocenters. The highest BCUT2D eigenvalue weighted by Crippen LogP contribution is 2.34. The van der Waals surface area contributed by atoms with Gasteiger partial charge in [-0.05, 0) is 48.2 Å². The van der Waals surface area contributed by atoms with Crippen LogP contribution in [0.15, 0.2) is 48.8 Å². The minimum absolute atomic E-state index is 0.0110. The number of hydrogen-bond acceptors (Lipinski definition) is 3. The van der Waals surface area contributed by atoms with Gasteiger partial charge < -0.3 is 19.6 Å². The van der Waals surface area contributed by atoms with Crippen molar-refractivity contribution in [3.8, 4) is 17.0 Å². The summed E-state index contributed by atoms with van der Waals surface area (Å²) >= 11 is 0. The lowest BCUT2D eigenvalue weighted by molar-refractivity contribution is -0.121. The summed E-state index contributed by atoms with van der Waals surface area (Å²) in [5.74, 6) is 0.794. The number of hydrogen-bond donors (Lipinski definition) is 2. The fraction of sp³-hybridized carbons (Fsp3) is 0.333. The maximum atomic E-state index is 12.6. The van der Waals surface area contributed by atoms with Gasteiger partial charge in [-0.25, -0.2) is 4.98 Å². The molecule has 6 nitrogen and oxygen atoms in total. The van der Waals surface area contributed by atoms with Gasteiger partial charge in [0.2, 0.25) is 5.91 Å². The number of H-pyrrole nitrogens is 1. The quantitative estimate of drug-likeness (QED) is 0.487. The number of aromatic nitrogens is 3. The number of fused-ring (bicyclic) bond motifs is 2. The largest absolute Gasteiger partial charge is 0.497 e. The van der Waals surface area contributed by atoms with Crippen LogP contribution in [0.5, 0.6) is 5.75 Å². The molecule has 0 atom stereocenters. The predicted octanol–water partition coefficient (Wildman–Crippen LogP) is 4.75. The van der Waals surface area contributed by atoms with E-state index >= 15 is 0 Å². The van der Waals surface area contributed by atoms with E-state index in [1.807, 2.05) is 41.1 Å². The van der Waals surface area contributed by atoms with Gasteiger partial charge in [-0.15, -0.1) is 0 Å². The number of methoxy groups -OCH3 is 1. The summed E-state index contributed by atoms with van der Waals surface area (Å²) in [7, 11) is 1.66. The predicted molar refractivity (Wildman–Crippen MR) is 121 cm³/mol. The van der Waals surface area contributed by atoms with Crippen LogP contribution in [0.1, 0.15) is 27.2 Å². The number of rotatable bonds is 6. The Morgan fingerprint density at radius 2 is 2.07 bits per heavy atom. The Kier molecular flexibility index (Phi) is 5.24. The molecule has 0 aliphatic carbocycles. The van der Waals surface area contributed by atoms with E-state index in [-0.39, 0.29) is 17.9 Å². The zero-order valence-corrected chi connectivity index (χ0v) is 18.0. The van der Waals surface area contributed by atoms with Gasteiger partial charge in [0.15, 0.2) is 0 Å². The normalized spacial score (nSPS) is 11.9. The van der Waals surface area contributed by atoms with Crippen molar-refractivity contribution in [1.82, 2.24) is 19.9 Å². The second-order valence-corrected chi connectivity index (χ2v) is 8.84. The average Bonchev–Trinajstić information content (AvgIpc) is 3.28. The summed E-state index contributed by atoms with van der Waals surface area (Å²) in [6.07, 6.45) is 4.74. The number of nitrogens with one attached hydrogen (secondary N) is 2. The number of ether oxygens (including phenoxy) is 1. The maximum Gasteiger partial charge on any atom is 0.239 e. The molecule has 4 aromatic rings. The number of benzene rings is 1. The topological polar surface area (TPSA) is 71.9 Å². The number of carbonyl (C=O) groups is 1. The van der Waals surface area contributed by atoms with Crippen LogP contribution >= 0.6 is 0 Å². The molecule has 2 N–H and O–H groups in total. The molecular weight excluding hydrogens is 376 g/mol. The van der Waals surface area contributed by atoms with Gasteiger partial charge in [-0.1, -0.05) is 20.8 Å². The van der Waals surface area contributed by atoms with Crippen molar-refractivity contribution >= 4 is 27.8 Å². The summed E-state index contributed by atoms with van der Waals surface area (Å²) in [5, 5.41) is 5.13. The molecule has 0 spiro atoms. The summed E-state index contributed by atoms with van der Waals surface area (Å²) in [6.45, 7) is 7.47. The highest BCUT2D eigenvalue weighted by molar-refractivity contribution is 5.99. The van der Waals surface area contributed by atoms with Crippen molar-refractivity contribution in [3.63, 3.8) is 0 Å². The summed E-state index contributed by atoms with van der Waals surface area (Å²) in [6, 6.07) is 12.0. The van der Waals surface area contributed by atoms with Crippen molar-refractivity contribution in [3.05, 3.63) is 48.8 Å². The van der Waals surface area contributed by atoms with Crippen molar-refractivity contribution in [1.29, 1.82) is 0 Å². The summed E-state index contributed by atoms with van der Waals surface area (Å²) in [5.41, 5.74) is 4.01. The molecule has 0 aliphatic heterocycles. The Balaban J connectivity index is 1.68. The summed E-state index contributed by atoms with van der Waals surface area (Å²) < 4.78 is 7.43. The van der Waals surface area contributed by atoms with E-state index in [1.165, 1.54) is 0 Å². The zero-order chi connectivity index (χ0) is 21.3. The SMILES string of the molecule is COc1ccc2c(c1)c(-c1cc3cccnc3[nH]1)cn2CC(=O)NCCC(C)(C)C. The van der Waals surface area contributed by atoms with Crippen LogP contribution in [0.25, 0.3) is 33.2 Å². The molecule has 1 aromatic carbocycles. The van der Waals surface area contributed by atoms with E-state index in [9.17, 15) is 4.79 Å². The van der Waals surface area contributed by atoms with E-state index in [2.05, 4.69) is 42.1 Å². The Morgan fingerprint density at radius 3 is 2.80 bits per heavy atom. The highest BCUT2D eigenvalue weighted by Gasteiger charge is 2.16. The first-order chi connectivity index (χ1) is 14.3. The Hall–Kier alpha value is -3.28. The molecule has 0 saturated carbocycles. The number of aromatic amines is 1. The number of carbonyl (C=O) groups excluding carboxylic acids is 1. The average molecular weight is 405 g/mol. The number of nitrogens with zero attached hydrogens (tertiary/aromatic N) is 2. The van der Waals surface area contributed by atoms with Crippen molar-refractivity contribution in [2.75, 3.05) is 13.7 Å². The lowest BCUT2D eigenvalue weighted by Crippen LogP contribution is -2.30. The Labute approximate surface area is 176 Å². The zero-order valence-electron chi connectivity index (χ0n) is 18.0. The van der Waals surface area contributed by atoms with Crippen LogP contribution in [0.2, 0.25) is 0 Å². The molecule has 6 heteroatoms. The first kappa shape index (κ1) is 20.0. The molecule has 1 amide bonds. The van der Waals surface area contributed by atoms with E-state index in [1.54, 1.807) is 13.3 Å². The third-order valence-electron chi connectivity index (χ3n) is 5.28. The Morgan fingerprint density at radius 1 is 1.23 bits per heavy atom. The highest BCUT2D eigenvalue weighted by atomic mass is 16.5. The van der Waals surface area contributed by atoms with E-state index < -0.39 is 0 Å². The van der Waals surface area contributed by atoms with E-state index in [0.717, 1.165) is 45.4 Å². The second kappa shape index (κ2) is 7.86. The van der Waals surface area contributed by atoms with Crippen LogP contribution < -0.4 is 10.1 Å². The van der Waals surface area contributed by atoms with Crippen LogP contribution in [0.4, 0.5) is 0 Å². The molecule has 30 heavy (non-hydrogen) atoms. The van der Waals surface area contributed by atoms with Gasteiger partial charge in [0.1, 0.15) is 17.9 Å². The second-order valence-electron chi connectivity index (χ2n) is 8.84. The smallest absolute Gasteiger partial charge is 0.239 e. The minimum Gasteiger partial charge on any atom is -0.497 e. The molecule has 3 heterocycles. The first-order valence-electron chi connectivity index (χ1n) is 10.2. The minimum atomic E-state index is 0.0110. The van der Waals surface area contributed by atoms with Crippen molar-refractivity contribution in [2.24, 2.45) is 5.41 Å². The van der Waals surface area contributed by atoms with Gasteiger partial charge in [0.05, 0.1) is 7.11 Å². The Bertz CT molecular complexity index is 1160. The van der Waals surface area contributed by atoms with Gasteiger partial charge >= 0.3 is 0 Å². The fourth-order valence-electron chi connectivity index (χ4n) is 3.64. The molecule has 4 rings (SSSR count). The maximum absolute atomic E-state index is 12.6. The van der Waals surface area contributed by atoms with Gasteiger partial charge in [-0.2, -0.15) is 0 Å². The van der Waals surface area contributed by atoms with Gasteiger partial charge in [-0.3, -0.25) is 4.79 Å². The lowest BCUT2D eigenvalue weighted by Gasteiger charge is -2.18. The molecule has 0 aliphatic rings. The molecular formula is C24H28N4O2. The van der Waals surface area contributed by atoms with Crippen LogP contribution in [0.3, 0.4) is 0 Å². The molecule has 0 fully saturated rings. The number of pyridine rings is 1. The molecule has 3 aromatic heterocycles. The van der Waals surface area contributed by atoms with Crippen LogP contribution in [0, 0.1) is 5.41 Å². The van der Waals surface area contributed by atoms with Gasteiger partial charge in [0.25, 0.3) is 0 Å². The monoisotopic (exact) mass is 404 g/mol. The van der Waals surface area contributed by atoms with Crippen LogP contribution in [-0.2, 0) is 11.3 Å². The van der Waals surface area contributed by atoms with Crippen LogP contribution in [-0.4, -0.2) is 34.1 Å². The first-order valence-corrected chi connectivity index (χ1v) is 10.2. The standard InChI is InChI=1S/C24H28N4O2/c1-24(2,3)9-11-25-22(29)15-28-14-19(18-13-17(30-4)7-8-21(18)28)20-12-16-6-5-10-26-23(16)27-20/h5-8,10,12-14H,9,11,15H2,1-4H3,(H,25,29)(H,26,27). The molecule has 0 saturated heterocycles. The summed E-state index contributed by atoms with van der Waals surface area (Å²) in [4.78, 5) is 20.4. The van der Waals surface area contributed by atoms with E-state index in [4.69, 9.17) is 4.74 Å². The third kappa shape index (κ3) is 4.17.